The van der Waals surface area contributed by atoms with Crippen LogP contribution < -0.4 is 4.74 Å². The molecule has 2 aliphatic heterocycles. The van der Waals surface area contributed by atoms with Crippen LogP contribution in [0.4, 0.5) is 4.79 Å². The molecule has 2 heterocycles. The Morgan fingerprint density at radius 1 is 1.23 bits per heavy atom. The average molecular weight is 454 g/mol. The van der Waals surface area contributed by atoms with Crippen molar-refractivity contribution >= 4 is 23.5 Å². The highest BCUT2D eigenvalue weighted by Crippen LogP contribution is 2.46. The summed E-state index contributed by atoms with van der Waals surface area (Å²) in [6, 6.07) is 5.03. The Labute approximate surface area is 188 Å². The maximum absolute atomic E-state index is 13.6. The van der Waals surface area contributed by atoms with Crippen LogP contribution in [-0.2, 0) is 14.2 Å². The van der Waals surface area contributed by atoms with Crippen molar-refractivity contribution in [3.8, 4) is 5.75 Å². The number of hydrogen-bond donors (Lipinski definition) is 0. The Kier molecular flexibility index (Phi) is 7.18. The number of fused-ring (bicyclic) bond motifs is 1. The van der Waals surface area contributed by atoms with Crippen molar-refractivity contribution in [2.24, 2.45) is 5.92 Å². The number of benzene rings is 1. The minimum Gasteiger partial charge on any atom is -0.485 e. The van der Waals surface area contributed by atoms with Crippen molar-refractivity contribution < 1.29 is 28.5 Å². The summed E-state index contributed by atoms with van der Waals surface area (Å²) in [5, 5.41) is 0.498. The first-order chi connectivity index (χ1) is 14.6. The second-order valence-electron chi connectivity index (χ2n) is 8.90. The molecule has 0 radical (unpaired) electrons. The Bertz CT molecular complexity index is 807. The second kappa shape index (κ2) is 9.35. The molecule has 0 bridgehead atoms. The zero-order valence-electron chi connectivity index (χ0n) is 18.9. The van der Waals surface area contributed by atoms with Crippen molar-refractivity contribution in [2.45, 2.75) is 65.0 Å². The molecule has 1 fully saturated rings. The highest BCUT2D eigenvalue weighted by atomic mass is 35.5. The van der Waals surface area contributed by atoms with Crippen molar-refractivity contribution in [2.75, 3.05) is 26.3 Å². The van der Waals surface area contributed by atoms with Gasteiger partial charge in [0.15, 0.2) is 12.1 Å². The van der Waals surface area contributed by atoms with E-state index in [0.29, 0.717) is 55.5 Å². The lowest BCUT2D eigenvalue weighted by Gasteiger charge is -2.49. The largest absolute Gasteiger partial charge is 0.485 e. The van der Waals surface area contributed by atoms with E-state index < -0.39 is 23.4 Å². The zero-order valence-corrected chi connectivity index (χ0v) is 19.7. The molecular formula is C23H32ClNO6. The summed E-state index contributed by atoms with van der Waals surface area (Å²) in [6.45, 7) is 10.9. The van der Waals surface area contributed by atoms with Gasteiger partial charge in [0.2, 0.25) is 0 Å². The van der Waals surface area contributed by atoms with Gasteiger partial charge < -0.3 is 23.8 Å². The average Bonchev–Trinajstić information content (AvgIpc) is 2.67. The number of likely N-dealkylation sites (tertiary alicyclic amines) is 1. The van der Waals surface area contributed by atoms with E-state index in [2.05, 4.69) is 0 Å². The van der Waals surface area contributed by atoms with Crippen LogP contribution in [0.1, 0.15) is 57.8 Å². The van der Waals surface area contributed by atoms with Crippen LogP contribution in [0.2, 0.25) is 5.02 Å². The summed E-state index contributed by atoms with van der Waals surface area (Å²) in [7, 11) is 0. The van der Waals surface area contributed by atoms with Crippen LogP contribution in [-0.4, -0.2) is 60.6 Å². The van der Waals surface area contributed by atoms with Gasteiger partial charge >= 0.3 is 6.09 Å². The molecule has 0 N–H and O–H groups in total. The molecular weight excluding hydrogens is 422 g/mol. The lowest BCUT2D eigenvalue weighted by Crippen LogP contribution is -2.61. The number of amides is 1. The first-order valence-corrected chi connectivity index (χ1v) is 11.2. The number of ketones is 1. The van der Waals surface area contributed by atoms with E-state index in [1.807, 2.05) is 34.6 Å². The van der Waals surface area contributed by atoms with E-state index in [9.17, 15) is 9.59 Å². The molecule has 1 aromatic carbocycles. The summed E-state index contributed by atoms with van der Waals surface area (Å²) < 4.78 is 23.7. The molecule has 1 unspecified atom stereocenters. The van der Waals surface area contributed by atoms with Gasteiger partial charge in [0.25, 0.3) is 0 Å². The number of Topliss-reactive ketones (excluding diaryl/α,β-unsaturated/α-hetero) is 1. The fraction of sp³-hybridized carbons (Fsp3) is 0.652. The predicted molar refractivity (Wildman–Crippen MR) is 117 cm³/mol. The van der Waals surface area contributed by atoms with E-state index in [-0.39, 0.29) is 11.9 Å². The molecule has 1 atom stereocenters. The summed E-state index contributed by atoms with van der Waals surface area (Å²) in [5.41, 5.74) is -0.960. The van der Waals surface area contributed by atoms with Gasteiger partial charge in [0, 0.05) is 44.2 Å². The number of nitrogens with zero attached hydrogens (tertiary/aromatic N) is 1. The molecule has 8 heteroatoms. The lowest BCUT2D eigenvalue weighted by atomic mass is 9.73. The van der Waals surface area contributed by atoms with Crippen molar-refractivity contribution in [1.29, 1.82) is 0 Å². The Hall–Kier alpha value is -1.83. The van der Waals surface area contributed by atoms with Crippen molar-refractivity contribution in [3.63, 3.8) is 0 Å². The van der Waals surface area contributed by atoms with Crippen LogP contribution >= 0.6 is 11.6 Å². The van der Waals surface area contributed by atoms with Crippen LogP contribution in [0.15, 0.2) is 18.2 Å². The Morgan fingerprint density at radius 2 is 1.84 bits per heavy atom. The number of rotatable bonds is 5. The number of piperidine rings is 1. The van der Waals surface area contributed by atoms with Crippen molar-refractivity contribution in [3.05, 3.63) is 28.8 Å². The number of carbonyl (C=O) groups is 2. The fourth-order valence-corrected chi connectivity index (χ4v) is 4.38. The van der Waals surface area contributed by atoms with Gasteiger partial charge in [-0.05, 0) is 52.8 Å². The highest BCUT2D eigenvalue weighted by Gasteiger charge is 2.55. The van der Waals surface area contributed by atoms with Gasteiger partial charge in [0.1, 0.15) is 22.9 Å². The van der Waals surface area contributed by atoms with E-state index in [0.717, 1.165) is 0 Å². The number of halogens is 1. The van der Waals surface area contributed by atoms with Crippen LogP contribution in [0.3, 0.4) is 0 Å². The monoisotopic (exact) mass is 453 g/mol. The maximum Gasteiger partial charge on any atom is 0.410 e. The molecule has 1 spiro atoms. The quantitative estimate of drug-likeness (QED) is 0.601. The van der Waals surface area contributed by atoms with Gasteiger partial charge in [-0.25, -0.2) is 4.79 Å². The normalized spacial score (nSPS) is 20.5. The molecule has 0 aliphatic carbocycles. The molecule has 0 aromatic heterocycles. The molecule has 1 amide bonds. The molecule has 31 heavy (non-hydrogen) atoms. The molecule has 172 valence electrons. The SMILES string of the molecule is CCOC(OCC)C1C(=O)c2ccc(Cl)cc2OC12CCN(C(=O)OC(C)(C)C)CC2. The van der Waals surface area contributed by atoms with Gasteiger partial charge in [-0.3, -0.25) is 4.79 Å². The molecule has 7 nitrogen and oxygen atoms in total. The Morgan fingerprint density at radius 3 is 2.39 bits per heavy atom. The molecule has 0 saturated carbocycles. The van der Waals surface area contributed by atoms with Crippen LogP contribution in [0.5, 0.6) is 5.75 Å². The standard InChI is InChI=1S/C23H32ClNO6/c1-6-28-20(29-7-2)18-19(26)16-9-8-15(24)14-17(16)30-23(18)10-12-25(13-11-23)21(27)31-22(3,4)5/h8-9,14,18,20H,6-7,10-13H2,1-5H3. The van der Waals surface area contributed by atoms with Gasteiger partial charge in [-0.15, -0.1) is 0 Å². The van der Waals surface area contributed by atoms with E-state index in [1.165, 1.54) is 0 Å². The fourth-order valence-electron chi connectivity index (χ4n) is 4.22. The molecule has 1 saturated heterocycles. The topological polar surface area (TPSA) is 74.3 Å². The first kappa shape index (κ1) is 23.8. The smallest absolute Gasteiger partial charge is 0.410 e. The van der Waals surface area contributed by atoms with E-state index in [4.69, 9.17) is 30.5 Å². The van der Waals surface area contributed by atoms with Gasteiger partial charge in [-0.1, -0.05) is 11.6 Å². The third-order valence-electron chi connectivity index (χ3n) is 5.57. The van der Waals surface area contributed by atoms with Crippen LogP contribution in [0, 0.1) is 5.92 Å². The number of ether oxygens (including phenoxy) is 4. The summed E-state index contributed by atoms with van der Waals surface area (Å²) in [4.78, 5) is 27.8. The summed E-state index contributed by atoms with van der Waals surface area (Å²) in [5.74, 6) is -0.274. The minimum atomic E-state index is -0.859. The summed E-state index contributed by atoms with van der Waals surface area (Å²) in [6.07, 6.45) is -0.202. The van der Waals surface area contributed by atoms with E-state index >= 15 is 0 Å². The van der Waals surface area contributed by atoms with Gasteiger partial charge in [-0.2, -0.15) is 0 Å². The third-order valence-corrected chi connectivity index (χ3v) is 5.80. The minimum absolute atomic E-state index is 0.0875. The van der Waals surface area contributed by atoms with Gasteiger partial charge in [0.05, 0.1) is 5.56 Å². The highest BCUT2D eigenvalue weighted by molar-refractivity contribution is 6.31. The van der Waals surface area contributed by atoms with Crippen LogP contribution in [0.25, 0.3) is 0 Å². The third kappa shape index (κ3) is 5.16. The first-order valence-electron chi connectivity index (χ1n) is 10.8. The number of hydrogen-bond acceptors (Lipinski definition) is 6. The molecule has 3 rings (SSSR count). The zero-order chi connectivity index (χ0) is 22.8. The Balaban J connectivity index is 1.92. The maximum atomic E-state index is 13.6. The molecule has 1 aromatic rings. The van der Waals surface area contributed by atoms with Crippen molar-refractivity contribution in [1.82, 2.24) is 4.90 Å². The molecule has 2 aliphatic rings. The predicted octanol–water partition coefficient (Wildman–Crippen LogP) is 4.70. The number of carbonyl (C=O) groups excluding carboxylic acids is 2. The second-order valence-corrected chi connectivity index (χ2v) is 9.33. The summed E-state index contributed by atoms with van der Waals surface area (Å²) >= 11 is 6.17. The van der Waals surface area contributed by atoms with E-state index in [1.54, 1.807) is 23.1 Å². The lowest BCUT2D eigenvalue weighted by molar-refractivity contribution is -0.198.